The van der Waals surface area contributed by atoms with Gasteiger partial charge in [0, 0.05) is 23.5 Å². The van der Waals surface area contributed by atoms with Gasteiger partial charge >= 0.3 is 0 Å². The highest BCUT2D eigenvalue weighted by atomic mass is 32.2. The van der Waals surface area contributed by atoms with E-state index in [1.807, 2.05) is 6.07 Å². The average Bonchev–Trinajstić information content (AvgIpc) is 2.86. The van der Waals surface area contributed by atoms with Crippen molar-refractivity contribution in [3.05, 3.63) is 42.1 Å². The predicted molar refractivity (Wildman–Crippen MR) is 92.4 cm³/mol. The number of benzene rings is 1. The molecule has 0 radical (unpaired) electrons. The normalized spacial score (nSPS) is 19.0. The molecule has 1 atom stereocenters. The number of hydrogen-bond acceptors (Lipinski definition) is 7. The molecule has 7 nitrogen and oxygen atoms in total. The highest BCUT2D eigenvalue weighted by molar-refractivity contribution is 7.91. The van der Waals surface area contributed by atoms with Crippen LogP contribution >= 0.6 is 0 Å². The summed E-state index contributed by atoms with van der Waals surface area (Å²) in [6.45, 7) is 1.51. The molecule has 1 fully saturated rings. The van der Waals surface area contributed by atoms with E-state index >= 15 is 0 Å². The number of nitrogens with one attached hydrogen (secondary N) is 2. The lowest BCUT2D eigenvalue weighted by Gasteiger charge is -2.12. The van der Waals surface area contributed by atoms with Crippen LogP contribution in [0.2, 0.25) is 0 Å². The van der Waals surface area contributed by atoms with Crippen molar-refractivity contribution in [3.8, 4) is 0 Å². The largest absolute Gasteiger partial charge is 0.366 e. The molecule has 1 aromatic heterocycles. The van der Waals surface area contributed by atoms with Crippen LogP contribution in [0, 0.1) is 0 Å². The van der Waals surface area contributed by atoms with Gasteiger partial charge in [-0.1, -0.05) is 12.1 Å². The maximum atomic E-state index is 11.5. The van der Waals surface area contributed by atoms with Gasteiger partial charge < -0.3 is 10.6 Å². The third-order valence-electron chi connectivity index (χ3n) is 3.77. The smallest absolute Gasteiger partial charge is 0.229 e. The van der Waals surface area contributed by atoms with E-state index in [-0.39, 0.29) is 23.3 Å². The van der Waals surface area contributed by atoms with E-state index < -0.39 is 9.84 Å². The van der Waals surface area contributed by atoms with Crippen LogP contribution in [0.1, 0.15) is 23.7 Å². The molecule has 126 valence electrons. The Morgan fingerprint density at radius 2 is 2.12 bits per heavy atom. The first-order valence-corrected chi connectivity index (χ1v) is 9.41. The minimum Gasteiger partial charge on any atom is -0.366 e. The molecule has 1 unspecified atom stereocenters. The maximum Gasteiger partial charge on any atom is 0.229 e. The van der Waals surface area contributed by atoms with E-state index in [0.29, 0.717) is 29.4 Å². The number of hydrogen-bond donors (Lipinski definition) is 2. The Kier molecular flexibility index (Phi) is 4.48. The summed E-state index contributed by atoms with van der Waals surface area (Å²) in [6.07, 6.45) is 2.17. The first kappa shape index (κ1) is 16.4. The standard InChI is InChI=1S/C16H18N4O3S/c1-11(21)12-3-2-4-13(9-12)19-16-17-7-5-15(20-16)18-14-6-8-24(22,23)10-14/h2-5,7,9,14H,6,8,10H2,1H3,(H2,17,18,19,20). The van der Waals surface area contributed by atoms with E-state index in [0.717, 1.165) is 0 Å². The third kappa shape index (κ3) is 4.08. The molecule has 2 heterocycles. The van der Waals surface area contributed by atoms with Crippen LogP contribution in [0.15, 0.2) is 36.5 Å². The summed E-state index contributed by atoms with van der Waals surface area (Å²) in [6, 6.07) is 8.65. The Hall–Kier alpha value is -2.48. The monoisotopic (exact) mass is 346 g/mol. The topological polar surface area (TPSA) is 101 Å². The fourth-order valence-corrected chi connectivity index (χ4v) is 4.24. The highest BCUT2D eigenvalue weighted by Gasteiger charge is 2.27. The zero-order chi connectivity index (χ0) is 17.2. The van der Waals surface area contributed by atoms with Crippen molar-refractivity contribution in [2.24, 2.45) is 0 Å². The predicted octanol–water partition coefficient (Wildman–Crippen LogP) is 2.02. The van der Waals surface area contributed by atoms with Gasteiger partial charge in [-0.3, -0.25) is 4.79 Å². The number of carbonyl (C=O) groups excluding carboxylic acids is 1. The number of Topliss-reactive ketones (excluding diaryl/α,β-unsaturated/α-hetero) is 1. The summed E-state index contributed by atoms with van der Waals surface area (Å²) >= 11 is 0. The minimum absolute atomic E-state index is 0.0163. The molecule has 1 saturated heterocycles. The molecule has 0 spiro atoms. The van der Waals surface area contributed by atoms with Crippen molar-refractivity contribution in [1.29, 1.82) is 0 Å². The molecule has 0 bridgehead atoms. The summed E-state index contributed by atoms with van der Waals surface area (Å²) in [5, 5.41) is 6.18. The molecule has 1 aliphatic heterocycles. The van der Waals surface area contributed by atoms with Crippen LogP contribution in [-0.2, 0) is 9.84 Å². The minimum atomic E-state index is -2.94. The summed E-state index contributed by atoms with van der Waals surface area (Å²) in [5.41, 5.74) is 1.31. The quantitative estimate of drug-likeness (QED) is 0.799. The molecular formula is C16H18N4O3S. The van der Waals surface area contributed by atoms with E-state index in [9.17, 15) is 13.2 Å². The second kappa shape index (κ2) is 6.56. The van der Waals surface area contributed by atoms with Crippen LogP contribution in [0.25, 0.3) is 0 Å². The zero-order valence-corrected chi connectivity index (χ0v) is 14.0. The number of anilines is 3. The molecule has 0 aliphatic carbocycles. The van der Waals surface area contributed by atoms with Crippen LogP contribution in [0.4, 0.5) is 17.5 Å². The van der Waals surface area contributed by atoms with Gasteiger partial charge in [-0.05, 0) is 31.5 Å². The Labute approximate surface area is 140 Å². The van der Waals surface area contributed by atoms with Gasteiger partial charge in [0.2, 0.25) is 5.95 Å². The van der Waals surface area contributed by atoms with E-state index in [1.54, 1.807) is 30.5 Å². The first-order valence-electron chi connectivity index (χ1n) is 7.59. The van der Waals surface area contributed by atoms with Crippen molar-refractivity contribution < 1.29 is 13.2 Å². The fraction of sp³-hybridized carbons (Fsp3) is 0.312. The van der Waals surface area contributed by atoms with E-state index in [2.05, 4.69) is 20.6 Å². The third-order valence-corrected chi connectivity index (χ3v) is 5.53. The van der Waals surface area contributed by atoms with Crippen LogP contribution in [0.3, 0.4) is 0 Å². The molecule has 0 saturated carbocycles. The number of rotatable bonds is 5. The molecule has 1 aliphatic rings. The van der Waals surface area contributed by atoms with E-state index in [4.69, 9.17) is 0 Å². The summed E-state index contributed by atoms with van der Waals surface area (Å²) in [7, 11) is -2.94. The molecule has 8 heteroatoms. The second-order valence-corrected chi connectivity index (χ2v) is 8.00. The van der Waals surface area contributed by atoms with Crippen molar-refractivity contribution in [1.82, 2.24) is 9.97 Å². The molecule has 24 heavy (non-hydrogen) atoms. The zero-order valence-electron chi connectivity index (χ0n) is 13.2. The highest BCUT2D eigenvalue weighted by Crippen LogP contribution is 2.19. The number of nitrogens with zero attached hydrogens (tertiary/aromatic N) is 2. The van der Waals surface area contributed by atoms with Gasteiger partial charge in [0.1, 0.15) is 5.82 Å². The van der Waals surface area contributed by atoms with Crippen molar-refractivity contribution in [2.45, 2.75) is 19.4 Å². The summed E-state index contributed by atoms with van der Waals surface area (Å²) in [4.78, 5) is 19.9. The molecule has 3 rings (SSSR count). The van der Waals surface area contributed by atoms with E-state index in [1.165, 1.54) is 6.92 Å². The fourth-order valence-electron chi connectivity index (χ4n) is 2.56. The number of ketones is 1. The number of aromatic nitrogens is 2. The van der Waals surface area contributed by atoms with Crippen molar-refractivity contribution in [3.63, 3.8) is 0 Å². The van der Waals surface area contributed by atoms with Gasteiger partial charge in [-0.25, -0.2) is 13.4 Å². The Balaban J connectivity index is 1.71. The molecule has 2 N–H and O–H groups in total. The van der Waals surface area contributed by atoms with Crippen LogP contribution < -0.4 is 10.6 Å². The first-order chi connectivity index (χ1) is 11.4. The lowest BCUT2D eigenvalue weighted by molar-refractivity contribution is 0.101. The van der Waals surface area contributed by atoms with Crippen LogP contribution in [-0.4, -0.2) is 41.7 Å². The summed E-state index contributed by atoms with van der Waals surface area (Å²) in [5.74, 6) is 1.26. The van der Waals surface area contributed by atoms with Gasteiger partial charge in [0.15, 0.2) is 15.6 Å². The van der Waals surface area contributed by atoms with Crippen molar-refractivity contribution in [2.75, 3.05) is 22.1 Å². The Morgan fingerprint density at radius 3 is 2.83 bits per heavy atom. The van der Waals surface area contributed by atoms with Crippen LogP contribution in [0.5, 0.6) is 0 Å². The Bertz CT molecular complexity index is 867. The van der Waals surface area contributed by atoms with Gasteiger partial charge in [-0.2, -0.15) is 4.98 Å². The lowest BCUT2D eigenvalue weighted by atomic mass is 10.1. The van der Waals surface area contributed by atoms with Gasteiger partial charge in [-0.15, -0.1) is 0 Å². The number of sulfone groups is 1. The van der Waals surface area contributed by atoms with Gasteiger partial charge in [0.25, 0.3) is 0 Å². The van der Waals surface area contributed by atoms with Gasteiger partial charge in [0.05, 0.1) is 11.5 Å². The Morgan fingerprint density at radius 1 is 1.29 bits per heavy atom. The molecule has 0 amide bonds. The average molecular weight is 346 g/mol. The molecule has 2 aromatic rings. The summed E-state index contributed by atoms with van der Waals surface area (Å²) < 4.78 is 23.0. The SMILES string of the molecule is CC(=O)c1cccc(Nc2nccc(NC3CCS(=O)(=O)C3)n2)c1. The number of carbonyl (C=O) groups is 1. The molecular weight excluding hydrogens is 328 g/mol. The lowest BCUT2D eigenvalue weighted by Crippen LogP contribution is -2.21. The molecule has 1 aromatic carbocycles. The second-order valence-electron chi connectivity index (χ2n) is 5.77. The van der Waals surface area contributed by atoms with Crippen molar-refractivity contribution >= 4 is 33.1 Å². The maximum absolute atomic E-state index is 11.5.